The van der Waals surface area contributed by atoms with Gasteiger partial charge in [-0.25, -0.2) is 9.78 Å². The van der Waals surface area contributed by atoms with Gasteiger partial charge in [-0.15, -0.1) is 0 Å². The summed E-state index contributed by atoms with van der Waals surface area (Å²) in [6.45, 7) is -7.31. The standard InChI is InChI=1S/C16H26N4O4/c1-5-24-11-19-10-17-13-12(19)14(21)20(15(22)18(13)4)9-7-6-8-16(2,3)23/h10,23H,5-9,11H2,1-4H3/i2D3,3D3,11D2. The van der Waals surface area contributed by atoms with Gasteiger partial charge in [0, 0.05) is 28.4 Å². The monoisotopic (exact) mass is 346 g/mol. The third-order valence-electron chi connectivity index (χ3n) is 3.51. The number of nitrogens with zero attached hydrogens (tertiary/aromatic N) is 4. The largest absolute Gasteiger partial charge is 0.390 e. The summed E-state index contributed by atoms with van der Waals surface area (Å²) < 4.78 is 68.1. The number of aryl methyl sites for hydroxylation is 1. The first-order chi connectivity index (χ1) is 14.5. The fourth-order valence-electron chi connectivity index (χ4n) is 2.32. The summed E-state index contributed by atoms with van der Waals surface area (Å²) in [6.07, 6.45) is 0.377. The molecule has 0 aliphatic carbocycles. The molecule has 0 aromatic carbocycles. The number of rotatable bonds is 8. The van der Waals surface area contributed by atoms with Gasteiger partial charge < -0.3 is 14.4 Å². The molecular weight excluding hydrogens is 312 g/mol. The second-order valence-electron chi connectivity index (χ2n) is 5.43. The first-order valence-corrected chi connectivity index (χ1v) is 7.53. The van der Waals surface area contributed by atoms with Crippen LogP contribution in [0, 0.1) is 0 Å². The predicted octanol–water partition coefficient (Wildman–Crippen LogP) is 0.832. The molecule has 0 saturated carbocycles. The van der Waals surface area contributed by atoms with Crippen molar-refractivity contribution in [3.8, 4) is 0 Å². The lowest BCUT2D eigenvalue weighted by Crippen LogP contribution is -2.39. The van der Waals surface area contributed by atoms with Gasteiger partial charge in [0.25, 0.3) is 5.56 Å². The van der Waals surface area contributed by atoms with E-state index >= 15 is 0 Å². The Morgan fingerprint density at radius 3 is 2.83 bits per heavy atom. The van der Waals surface area contributed by atoms with E-state index in [1.165, 1.54) is 7.05 Å². The fraction of sp³-hybridized carbons (Fsp3) is 0.688. The molecule has 1 N–H and O–H groups in total. The Bertz CT molecular complexity index is 1070. The summed E-state index contributed by atoms with van der Waals surface area (Å²) in [7, 11) is 1.36. The van der Waals surface area contributed by atoms with E-state index in [1.807, 2.05) is 0 Å². The van der Waals surface area contributed by atoms with E-state index in [0.29, 0.717) is 0 Å². The highest BCUT2D eigenvalue weighted by molar-refractivity contribution is 5.69. The van der Waals surface area contributed by atoms with Crippen LogP contribution in [-0.2, 0) is 25.0 Å². The van der Waals surface area contributed by atoms with Crippen molar-refractivity contribution in [1.29, 1.82) is 0 Å². The molecule has 8 nitrogen and oxygen atoms in total. The van der Waals surface area contributed by atoms with Crippen molar-refractivity contribution < 1.29 is 20.8 Å². The minimum Gasteiger partial charge on any atom is -0.390 e. The lowest BCUT2D eigenvalue weighted by molar-refractivity contribution is 0.0678. The highest BCUT2D eigenvalue weighted by atomic mass is 16.5. The highest BCUT2D eigenvalue weighted by Gasteiger charge is 2.16. The zero-order valence-electron chi connectivity index (χ0n) is 21.6. The number of unbranched alkanes of at least 4 members (excludes halogenated alkanes) is 1. The summed E-state index contributed by atoms with van der Waals surface area (Å²) in [6, 6.07) is 0. The van der Waals surface area contributed by atoms with Gasteiger partial charge in [0.15, 0.2) is 11.2 Å². The van der Waals surface area contributed by atoms with Crippen molar-refractivity contribution in [2.45, 2.75) is 58.7 Å². The Kier molecular flexibility index (Phi) is 3.09. The fourth-order valence-corrected chi connectivity index (χ4v) is 2.32. The lowest BCUT2D eigenvalue weighted by atomic mass is 10.0. The second-order valence-corrected chi connectivity index (χ2v) is 5.43. The molecule has 2 heterocycles. The van der Waals surface area contributed by atoms with E-state index < -0.39 is 43.7 Å². The summed E-state index contributed by atoms with van der Waals surface area (Å²) in [5, 5.41) is 10.3. The molecule has 0 atom stereocenters. The summed E-state index contributed by atoms with van der Waals surface area (Å²) in [5.41, 5.74) is -4.73. The topological polar surface area (TPSA) is 91.3 Å². The Labute approximate surface area is 151 Å². The van der Waals surface area contributed by atoms with Gasteiger partial charge in [0.1, 0.15) is 6.68 Å². The maximum absolute atomic E-state index is 13.0. The van der Waals surface area contributed by atoms with E-state index in [0.717, 1.165) is 20.0 Å². The Hall–Kier alpha value is -1.93. The third kappa shape index (κ3) is 3.93. The first kappa shape index (κ1) is 10.1. The number of hydrogen-bond donors (Lipinski definition) is 1. The van der Waals surface area contributed by atoms with E-state index in [-0.39, 0.29) is 37.2 Å². The van der Waals surface area contributed by atoms with Crippen LogP contribution >= 0.6 is 0 Å². The van der Waals surface area contributed by atoms with E-state index in [1.54, 1.807) is 6.92 Å². The van der Waals surface area contributed by atoms with Gasteiger partial charge >= 0.3 is 5.69 Å². The lowest BCUT2D eigenvalue weighted by Gasteiger charge is -2.16. The molecule has 8 heteroatoms. The van der Waals surface area contributed by atoms with Crippen molar-refractivity contribution in [2.75, 3.05) is 6.61 Å². The van der Waals surface area contributed by atoms with Crippen LogP contribution < -0.4 is 11.2 Å². The smallest absolute Gasteiger partial charge is 0.332 e. The third-order valence-corrected chi connectivity index (χ3v) is 3.51. The summed E-state index contributed by atoms with van der Waals surface area (Å²) in [5.74, 6) is 0. The zero-order chi connectivity index (χ0) is 24.7. The SMILES string of the molecule is [2H]C([2H])(OCC)n1cnc2c1c(=O)n(CCCCC(O)(C([2H])([2H])[2H])C([2H])([2H])[2H])c(=O)n2C. The molecule has 24 heavy (non-hydrogen) atoms. The number of imidazole rings is 1. The molecule has 2 aromatic rings. The molecule has 0 radical (unpaired) electrons. The molecule has 0 amide bonds. The predicted molar refractivity (Wildman–Crippen MR) is 91.0 cm³/mol. The quantitative estimate of drug-likeness (QED) is 0.715. The van der Waals surface area contributed by atoms with Gasteiger partial charge in [0.05, 0.1) is 14.7 Å². The molecule has 2 rings (SSSR count). The van der Waals surface area contributed by atoms with Gasteiger partial charge in [-0.2, -0.15) is 0 Å². The first-order valence-electron chi connectivity index (χ1n) is 11.5. The number of fused-ring (bicyclic) bond motifs is 1. The second kappa shape index (κ2) is 7.31. The van der Waals surface area contributed by atoms with Crippen molar-refractivity contribution in [2.24, 2.45) is 7.05 Å². The average molecular weight is 346 g/mol. The van der Waals surface area contributed by atoms with E-state index in [9.17, 15) is 14.7 Å². The molecule has 0 fully saturated rings. The number of aliphatic hydroxyl groups is 1. The van der Waals surface area contributed by atoms with E-state index in [4.69, 9.17) is 15.7 Å². The number of aromatic nitrogens is 4. The van der Waals surface area contributed by atoms with Crippen LogP contribution in [0.25, 0.3) is 11.2 Å². The van der Waals surface area contributed by atoms with Crippen LogP contribution in [0.5, 0.6) is 0 Å². The van der Waals surface area contributed by atoms with E-state index in [2.05, 4.69) is 4.98 Å². The average Bonchev–Trinajstić information content (AvgIpc) is 3.10. The minimum absolute atomic E-state index is 0.0155. The zero-order valence-corrected chi connectivity index (χ0v) is 13.6. The van der Waals surface area contributed by atoms with Gasteiger partial charge in [-0.05, 0) is 39.9 Å². The van der Waals surface area contributed by atoms with Crippen molar-refractivity contribution >= 4 is 11.2 Å². The maximum atomic E-state index is 13.0. The Balaban J connectivity index is 2.37. The van der Waals surface area contributed by atoms with Crippen LogP contribution in [0.3, 0.4) is 0 Å². The molecule has 0 bridgehead atoms. The van der Waals surface area contributed by atoms with Crippen molar-refractivity contribution in [3.05, 3.63) is 27.2 Å². The van der Waals surface area contributed by atoms with Gasteiger partial charge in [-0.1, -0.05) is 0 Å². The number of hydrogen-bond acceptors (Lipinski definition) is 5. The molecular formula is C16H26N4O4. The normalized spacial score (nSPS) is 18.8. The summed E-state index contributed by atoms with van der Waals surface area (Å²) in [4.78, 5) is 29.5. The minimum atomic E-state index is -3.15. The van der Waals surface area contributed by atoms with Crippen LogP contribution in [0.4, 0.5) is 0 Å². The van der Waals surface area contributed by atoms with Gasteiger partial charge in [0.2, 0.25) is 0 Å². The number of ether oxygens (including phenoxy) is 1. The van der Waals surface area contributed by atoms with Crippen molar-refractivity contribution in [3.63, 3.8) is 0 Å². The molecule has 0 aliphatic rings. The van der Waals surface area contributed by atoms with Crippen LogP contribution in [0.1, 0.15) is 50.9 Å². The van der Waals surface area contributed by atoms with Crippen LogP contribution in [0.15, 0.2) is 15.9 Å². The molecule has 0 saturated heterocycles. The Morgan fingerprint density at radius 1 is 1.42 bits per heavy atom. The molecule has 0 spiro atoms. The summed E-state index contributed by atoms with van der Waals surface area (Å²) >= 11 is 0. The van der Waals surface area contributed by atoms with Gasteiger partial charge in [-0.3, -0.25) is 13.9 Å². The van der Waals surface area contributed by atoms with Crippen LogP contribution in [-0.4, -0.2) is 36.0 Å². The highest BCUT2D eigenvalue weighted by Crippen LogP contribution is 2.12. The molecule has 2 aromatic heterocycles. The molecule has 0 aliphatic heterocycles. The molecule has 134 valence electrons. The van der Waals surface area contributed by atoms with Crippen molar-refractivity contribution in [1.82, 2.24) is 18.7 Å². The van der Waals surface area contributed by atoms with Crippen LogP contribution in [0.2, 0.25) is 0 Å². The maximum Gasteiger partial charge on any atom is 0.332 e. The molecule has 0 unspecified atom stereocenters. The Morgan fingerprint density at radius 2 is 2.17 bits per heavy atom.